The minimum Gasteiger partial charge on any atom is -0.343 e. The number of aliphatic imine (C=N–C) groups is 1. The zero-order chi connectivity index (χ0) is 27.7. The standard InChI is InChI=1S/C29H30F3N5O2/c1-17-13-20(7-8-21(17)28(39)36-18(2)25(38)15-19-5-3-4-6-19)14-23-27-35-16-24(37(27)12-11-33-23)22-9-10-34-26(22)29(30,31)32/h7-9,11-13,16,18-19H,3-6,10,14-15H2,1-2H3,(H,36,39)/t18-/m1/s1. The van der Waals surface area contributed by atoms with E-state index in [0.29, 0.717) is 41.4 Å². The number of benzene rings is 1. The molecule has 2 aromatic heterocycles. The second-order valence-corrected chi connectivity index (χ2v) is 10.4. The number of carbonyl (C=O) groups excluding carboxylic acids is 2. The van der Waals surface area contributed by atoms with Crippen molar-refractivity contribution in [2.45, 2.75) is 64.6 Å². The van der Waals surface area contributed by atoms with Gasteiger partial charge < -0.3 is 5.32 Å². The van der Waals surface area contributed by atoms with E-state index in [-0.39, 0.29) is 23.8 Å². The number of Topliss-reactive ketones (excluding diaryl/α,β-unsaturated/α-hetero) is 1. The number of alkyl halides is 3. The maximum absolute atomic E-state index is 13.4. The summed E-state index contributed by atoms with van der Waals surface area (Å²) in [5, 5.41) is 2.84. The Labute approximate surface area is 224 Å². The third kappa shape index (κ3) is 5.65. The molecule has 0 spiro atoms. The molecule has 1 aromatic carbocycles. The molecule has 3 aromatic rings. The minimum atomic E-state index is -4.55. The number of hydrogen-bond donors (Lipinski definition) is 1. The second-order valence-electron chi connectivity index (χ2n) is 10.4. The van der Waals surface area contributed by atoms with Gasteiger partial charge in [0.1, 0.15) is 5.71 Å². The quantitative estimate of drug-likeness (QED) is 0.423. The largest absolute Gasteiger partial charge is 0.433 e. The molecule has 204 valence electrons. The average Bonchev–Trinajstić information content (AvgIpc) is 3.64. The lowest BCUT2D eigenvalue weighted by Crippen LogP contribution is -2.39. The molecule has 1 fully saturated rings. The number of nitrogens with one attached hydrogen (secondary N) is 1. The SMILES string of the molecule is Cc1cc(Cc2nccn3c(C4=CCN=C4C(F)(F)F)cnc23)ccc1C(=O)N[C@H](C)C(=O)CC1CCCC1. The molecule has 2 aliphatic rings. The molecule has 0 saturated heterocycles. The first-order valence-electron chi connectivity index (χ1n) is 13.2. The van der Waals surface area contributed by atoms with Crippen LogP contribution in [0.2, 0.25) is 0 Å². The van der Waals surface area contributed by atoms with Crippen LogP contribution in [0.15, 0.2) is 47.9 Å². The number of ketones is 1. The molecule has 1 atom stereocenters. The van der Waals surface area contributed by atoms with Gasteiger partial charge in [0.05, 0.1) is 30.2 Å². The van der Waals surface area contributed by atoms with E-state index in [1.165, 1.54) is 31.3 Å². The number of carbonyl (C=O) groups is 2. The summed E-state index contributed by atoms with van der Waals surface area (Å²) in [5.74, 6) is 0.193. The summed E-state index contributed by atoms with van der Waals surface area (Å²) in [6.07, 6.45) is 6.81. The lowest BCUT2D eigenvalue weighted by Gasteiger charge is -2.16. The number of fused-ring (bicyclic) bond motifs is 1. The van der Waals surface area contributed by atoms with Gasteiger partial charge in [-0.05, 0) is 37.0 Å². The van der Waals surface area contributed by atoms with Crippen LogP contribution in [0.3, 0.4) is 0 Å². The molecular weight excluding hydrogens is 507 g/mol. The predicted molar refractivity (Wildman–Crippen MR) is 142 cm³/mol. The minimum absolute atomic E-state index is 0.00862. The van der Waals surface area contributed by atoms with Gasteiger partial charge in [-0.3, -0.25) is 24.0 Å². The first-order valence-corrected chi connectivity index (χ1v) is 13.2. The zero-order valence-electron chi connectivity index (χ0n) is 21.9. The van der Waals surface area contributed by atoms with Crippen LogP contribution in [0.25, 0.3) is 11.2 Å². The molecule has 10 heteroatoms. The highest BCUT2D eigenvalue weighted by molar-refractivity contribution is 6.27. The highest BCUT2D eigenvalue weighted by Crippen LogP contribution is 2.32. The second kappa shape index (κ2) is 10.7. The highest BCUT2D eigenvalue weighted by Gasteiger charge is 2.40. The summed E-state index contributed by atoms with van der Waals surface area (Å²) < 4.78 is 41.9. The Morgan fingerprint density at radius 1 is 1.18 bits per heavy atom. The fourth-order valence-corrected chi connectivity index (χ4v) is 5.49. The van der Waals surface area contributed by atoms with Crippen molar-refractivity contribution < 1.29 is 22.8 Å². The normalized spacial score (nSPS) is 16.8. The maximum atomic E-state index is 13.4. The zero-order valence-corrected chi connectivity index (χ0v) is 21.9. The molecule has 5 rings (SSSR count). The molecule has 1 aliphatic heterocycles. The first kappa shape index (κ1) is 26.8. The lowest BCUT2D eigenvalue weighted by molar-refractivity contribution is -0.121. The number of halogens is 3. The smallest absolute Gasteiger partial charge is 0.343 e. The molecule has 7 nitrogen and oxygen atoms in total. The highest BCUT2D eigenvalue weighted by atomic mass is 19.4. The van der Waals surface area contributed by atoms with E-state index in [0.717, 1.165) is 24.0 Å². The van der Waals surface area contributed by atoms with Crippen molar-refractivity contribution in [3.63, 3.8) is 0 Å². The van der Waals surface area contributed by atoms with Gasteiger partial charge >= 0.3 is 6.18 Å². The average molecular weight is 538 g/mol. The molecule has 0 radical (unpaired) electrons. The van der Waals surface area contributed by atoms with Crippen LogP contribution >= 0.6 is 0 Å². The number of amides is 1. The predicted octanol–water partition coefficient (Wildman–Crippen LogP) is 5.30. The van der Waals surface area contributed by atoms with Gasteiger partial charge in [0, 0.05) is 36.4 Å². The van der Waals surface area contributed by atoms with Gasteiger partial charge in [-0.15, -0.1) is 0 Å². The van der Waals surface area contributed by atoms with Crippen molar-refractivity contribution in [3.05, 3.63) is 70.9 Å². The number of rotatable bonds is 8. The molecular formula is C29H30F3N5O2. The van der Waals surface area contributed by atoms with E-state index in [4.69, 9.17) is 0 Å². The molecule has 3 heterocycles. The van der Waals surface area contributed by atoms with Gasteiger partial charge in [0.25, 0.3) is 5.91 Å². The van der Waals surface area contributed by atoms with Gasteiger partial charge in [-0.25, -0.2) is 4.98 Å². The van der Waals surface area contributed by atoms with Crippen molar-refractivity contribution in [2.75, 3.05) is 6.54 Å². The topological polar surface area (TPSA) is 88.7 Å². The third-order valence-corrected chi connectivity index (χ3v) is 7.55. The van der Waals surface area contributed by atoms with E-state index in [1.807, 2.05) is 19.1 Å². The van der Waals surface area contributed by atoms with Crippen molar-refractivity contribution in [3.8, 4) is 0 Å². The summed E-state index contributed by atoms with van der Waals surface area (Å²) in [6.45, 7) is 3.53. The Balaban J connectivity index is 1.30. The summed E-state index contributed by atoms with van der Waals surface area (Å²) in [5.41, 5.74) is 2.57. The number of nitrogens with zero attached hydrogens (tertiary/aromatic N) is 4. The van der Waals surface area contributed by atoms with Gasteiger partial charge in [0.15, 0.2) is 11.4 Å². The first-order chi connectivity index (χ1) is 18.6. The number of imidazole rings is 1. The molecule has 0 bridgehead atoms. The Kier molecular flexibility index (Phi) is 7.38. The number of hydrogen-bond acceptors (Lipinski definition) is 5. The van der Waals surface area contributed by atoms with Crippen molar-refractivity contribution >= 4 is 28.6 Å². The van der Waals surface area contributed by atoms with Crippen LogP contribution in [0.5, 0.6) is 0 Å². The van der Waals surface area contributed by atoms with E-state index >= 15 is 0 Å². The molecule has 39 heavy (non-hydrogen) atoms. The van der Waals surface area contributed by atoms with Gasteiger partial charge in [-0.2, -0.15) is 13.2 Å². The number of aryl methyl sites for hydroxylation is 1. The van der Waals surface area contributed by atoms with E-state index < -0.39 is 17.9 Å². The maximum Gasteiger partial charge on any atom is 0.433 e. The Morgan fingerprint density at radius 3 is 2.67 bits per heavy atom. The van der Waals surface area contributed by atoms with Crippen molar-refractivity contribution in [1.82, 2.24) is 19.7 Å². The summed E-state index contributed by atoms with van der Waals surface area (Å²) in [7, 11) is 0. The van der Waals surface area contributed by atoms with Crippen LogP contribution in [-0.4, -0.2) is 50.5 Å². The van der Waals surface area contributed by atoms with E-state index in [1.54, 1.807) is 23.6 Å². The summed E-state index contributed by atoms with van der Waals surface area (Å²) in [4.78, 5) is 37.9. The number of allylic oxidation sites excluding steroid dienone is 1. The van der Waals surface area contributed by atoms with Crippen LogP contribution in [0, 0.1) is 12.8 Å². The molecule has 1 aliphatic carbocycles. The molecule has 0 unspecified atom stereocenters. The third-order valence-electron chi connectivity index (χ3n) is 7.55. The lowest BCUT2D eigenvalue weighted by atomic mass is 9.97. The van der Waals surface area contributed by atoms with Crippen LogP contribution in [-0.2, 0) is 11.2 Å². The summed E-state index contributed by atoms with van der Waals surface area (Å²) in [6, 6.07) is 4.87. The number of aromatic nitrogens is 3. The fourth-order valence-electron chi connectivity index (χ4n) is 5.49. The Morgan fingerprint density at radius 2 is 1.95 bits per heavy atom. The van der Waals surface area contributed by atoms with Crippen LogP contribution < -0.4 is 5.32 Å². The Bertz CT molecular complexity index is 1480. The van der Waals surface area contributed by atoms with Gasteiger partial charge in [0.2, 0.25) is 0 Å². The molecule has 1 N–H and O–H groups in total. The van der Waals surface area contributed by atoms with E-state index in [9.17, 15) is 22.8 Å². The monoisotopic (exact) mass is 537 g/mol. The van der Waals surface area contributed by atoms with Crippen molar-refractivity contribution in [2.24, 2.45) is 10.9 Å². The fraction of sp³-hybridized carbons (Fsp3) is 0.414. The molecule has 1 amide bonds. The Hall–Kier alpha value is -3.82. The van der Waals surface area contributed by atoms with Crippen LogP contribution in [0.4, 0.5) is 13.2 Å². The van der Waals surface area contributed by atoms with Crippen LogP contribution in [0.1, 0.15) is 71.9 Å². The molecule has 1 saturated carbocycles. The van der Waals surface area contributed by atoms with E-state index in [2.05, 4.69) is 20.3 Å². The van der Waals surface area contributed by atoms with Crippen molar-refractivity contribution in [1.29, 1.82) is 0 Å². The summed E-state index contributed by atoms with van der Waals surface area (Å²) >= 11 is 0. The van der Waals surface area contributed by atoms with Gasteiger partial charge in [-0.1, -0.05) is 43.9 Å².